The number of amides is 1. The molecular weight excluding hydrogens is 356 g/mol. The number of hydrogen-bond donors (Lipinski definition) is 2. The highest BCUT2D eigenvalue weighted by Gasteiger charge is 2.23. The summed E-state index contributed by atoms with van der Waals surface area (Å²) in [4.78, 5) is 13.0. The molecule has 7 heteroatoms. The van der Waals surface area contributed by atoms with Crippen LogP contribution in [0.5, 0.6) is 0 Å². The van der Waals surface area contributed by atoms with E-state index >= 15 is 0 Å². The number of nitrogens with one attached hydrogen (secondary N) is 2. The molecule has 0 aromatic heterocycles. The number of thioether (sulfide) groups is 1. The van der Waals surface area contributed by atoms with Crippen molar-refractivity contribution in [3.05, 3.63) is 47.5 Å². The molecule has 1 aliphatic heterocycles. The van der Waals surface area contributed by atoms with Gasteiger partial charge in [0, 0.05) is 22.3 Å². The van der Waals surface area contributed by atoms with Crippen molar-refractivity contribution in [3.8, 4) is 0 Å². The SMILES string of the molecule is Cc1ccc(NS(=O)(=O)c2ccc3c(c2)NC(=O)[C@H](C)CS3)cc1C. The predicted molar refractivity (Wildman–Crippen MR) is 102 cm³/mol. The van der Waals surface area contributed by atoms with Crippen LogP contribution in [-0.2, 0) is 14.8 Å². The fourth-order valence-corrected chi connectivity index (χ4v) is 4.55. The number of hydrogen-bond acceptors (Lipinski definition) is 4. The summed E-state index contributed by atoms with van der Waals surface area (Å²) in [6, 6.07) is 10.2. The maximum absolute atomic E-state index is 12.7. The van der Waals surface area contributed by atoms with Gasteiger partial charge in [-0.05, 0) is 55.3 Å². The Kier molecular flexibility index (Phi) is 4.79. The number of sulfonamides is 1. The fraction of sp³-hybridized carbons (Fsp3) is 0.278. The van der Waals surface area contributed by atoms with Gasteiger partial charge in [0.1, 0.15) is 0 Å². The Morgan fingerprint density at radius 3 is 2.60 bits per heavy atom. The molecule has 3 rings (SSSR count). The van der Waals surface area contributed by atoms with Crippen LogP contribution in [0.3, 0.4) is 0 Å². The lowest BCUT2D eigenvalue weighted by atomic mass is 10.1. The number of rotatable bonds is 3. The Morgan fingerprint density at radius 1 is 1.12 bits per heavy atom. The van der Waals surface area contributed by atoms with Crippen LogP contribution in [0.15, 0.2) is 46.2 Å². The van der Waals surface area contributed by atoms with Crippen molar-refractivity contribution < 1.29 is 13.2 Å². The molecule has 0 bridgehead atoms. The van der Waals surface area contributed by atoms with Gasteiger partial charge in [0.15, 0.2) is 0 Å². The molecule has 0 aliphatic carbocycles. The molecule has 1 aliphatic rings. The first-order valence-corrected chi connectivity index (χ1v) is 10.4. The zero-order valence-electron chi connectivity index (χ0n) is 14.3. The maximum atomic E-state index is 12.7. The smallest absolute Gasteiger partial charge is 0.261 e. The van der Waals surface area contributed by atoms with E-state index in [2.05, 4.69) is 10.0 Å². The van der Waals surface area contributed by atoms with Crippen LogP contribution >= 0.6 is 11.8 Å². The van der Waals surface area contributed by atoms with Crippen molar-refractivity contribution in [2.75, 3.05) is 15.8 Å². The topological polar surface area (TPSA) is 75.3 Å². The van der Waals surface area contributed by atoms with E-state index in [0.29, 0.717) is 17.1 Å². The third-order valence-electron chi connectivity index (χ3n) is 4.21. The Labute approximate surface area is 152 Å². The molecule has 132 valence electrons. The number of carbonyl (C=O) groups excluding carboxylic acids is 1. The van der Waals surface area contributed by atoms with Gasteiger partial charge in [0.25, 0.3) is 10.0 Å². The summed E-state index contributed by atoms with van der Waals surface area (Å²) in [6.07, 6.45) is 0. The zero-order chi connectivity index (χ0) is 18.2. The molecule has 0 saturated carbocycles. The maximum Gasteiger partial charge on any atom is 0.261 e. The van der Waals surface area contributed by atoms with Gasteiger partial charge in [-0.25, -0.2) is 8.42 Å². The van der Waals surface area contributed by atoms with E-state index in [9.17, 15) is 13.2 Å². The van der Waals surface area contributed by atoms with Crippen molar-refractivity contribution in [1.82, 2.24) is 0 Å². The summed E-state index contributed by atoms with van der Waals surface area (Å²) in [5, 5.41) is 2.81. The molecule has 5 nitrogen and oxygen atoms in total. The number of benzene rings is 2. The lowest BCUT2D eigenvalue weighted by Gasteiger charge is -2.12. The minimum atomic E-state index is -3.73. The Bertz CT molecular complexity index is 939. The van der Waals surface area contributed by atoms with Crippen LogP contribution < -0.4 is 10.0 Å². The van der Waals surface area contributed by atoms with Crippen molar-refractivity contribution in [3.63, 3.8) is 0 Å². The van der Waals surface area contributed by atoms with E-state index in [1.807, 2.05) is 26.8 Å². The van der Waals surface area contributed by atoms with Gasteiger partial charge in [-0.3, -0.25) is 9.52 Å². The summed E-state index contributed by atoms with van der Waals surface area (Å²) >= 11 is 1.55. The molecule has 2 N–H and O–H groups in total. The second-order valence-corrected chi connectivity index (χ2v) is 9.01. The van der Waals surface area contributed by atoms with Crippen LogP contribution in [0.25, 0.3) is 0 Å². The summed E-state index contributed by atoms with van der Waals surface area (Å²) in [6.45, 7) is 5.76. The molecular formula is C18H20N2O3S2. The molecule has 0 radical (unpaired) electrons. The Hall–Kier alpha value is -1.99. The van der Waals surface area contributed by atoms with Gasteiger partial charge >= 0.3 is 0 Å². The second kappa shape index (κ2) is 6.72. The van der Waals surface area contributed by atoms with E-state index in [4.69, 9.17) is 0 Å². The van der Waals surface area contributed by atoms with Gasteiger partial charge < -0.3 is 5.32 Å². The van der Waals surface area contributed by atoms with Gasteiger partial charge in [0.05, 0.1) is 10.6 Å². The second-order valence-electron chi connectivity index (χ2n) is 6.26. The van der Waals surface area contributed by atoms with Crippen LogP contribution in [0, 0.1) is 19.8 Å². The summed E-state index contributed by atoms with van der Waals surface area (Å²) in [7, 11) is -3.73. The zero-order valence-corrected chi connectivity index (χ0v) is 15.9. The van der Waals surface area contributed by atoms with E-state index < -0.39 is 10.0 Å². The average Bonchev–Trinajstić information content (AvgIpc) is 2.69. The highest BCUT2D eigenvalue weighted by Crippen LogP contribution is 2.34. The minimum absolute atomic E-state index is 0.0945. The van der Waals surface area contributed by atoms with Crippen molar-refractivity contribution in [1.29, 1.82) is 0 Å². The standard InChI is InChI=1S/C18H20N2O3S2/c1-11-4-5-14(8-12(11)2)20-25(22,23)15-6-7-17-16(9-15)19-18(21)13(3)10-24-17/h4-9,13,20H,10H2,1-3H3,(H,19,21)/t13-/m1/s1. The first kappa shape index (κ1) is 17.8. The molecule has 1 amide bonds. The third kappa shape index (κ3) is 3.82. The quantitative estimate of drug-likeness (QED) is 0.855. The van der Waals surface area contributed by atoms with Gasteiger partial charge in [0.2, 0.25) is 5.91 Å². The molecule has 1 heterocycles. The first-order chi connectivity index (χ1) is 11.8. The van der Waals surface area contributed by atoms with Crippen LogP contribution in [0.2, 0.25) is 0 Å². The minimum Gasteiger partial charge on any atom is -0.325 e. The van der Waals surface area contributed by atoms with Crippen LogP contribution in [0.4, 0.5) is 11.4 Å². The number of aryl methyl sites for hydroxylation is 2. The number of carbonyl (C=O) groups is 1. The summed E-state index contributed by atoms with van der Waals surface area (Å²) in [5.41, 5.74) is 3.18. The average molecular weight is 377 g/mol. The van der Waals surface area contributed by atoms with Crippen molar-refractivity contribution in [2.45, 2.75) is 30.6 Å². The van der Waals surface area contributed by atoms with Crippen LogP contribution in [-0.4, -0.2) is 20.1 Å². The highest BCUT2D eigenvalue weighted by atomic mass is 32.2. The molecule has 0 spiro atoms. The lowest BCUT2D eigenvalue weighted by molar-refractivity contribution is -0.118. The molecule has 2 aromatic carbocycles. The van der Waals surface area contributed by atoms with Gasteiger partial charge in [-0.1, -0.05) is 13.0 Å². The summed E-state index contributed by atoms with van der Waals surface area (Å²) in [5.74, 6) is 0.459. The van der Waals surface area contributed by atoms with Crippen molar-refractivity contribution in [2.24, 2.45) is 5.92 Å². The fourth-order valence-electron chi connectivity index (χ4n) is 2.47. The Balaban J connectivity index is 1.91. The molecule has 0 saturated heterocycles. The molecule has 2 aromatic rings. The predicted octanol–water partition coefficient (Wildman–Crippen LogP) is 3.78. The normalized spacial score (nSPS) is 17.4. The van der Waals surface area contributed by atoms with E-state index in [1.165, 1.54) is 6.07 Å². The molecule has 1 atom stereocenters. The van der Waals surface area contributed by atoms with E-state index in [1.54, 1.807) is 36.0 Å². The first-order valence-electron chi connectivity index (χ1n) is 7.94. The van der Waals surface area contributed by atoms with Gasteiger partial charge in [-0.2, -0.15) is 0 Å². The van der Waals surface area contributed by atoms with Gasteiger partial charge in [-0.15, -0.1) is 11.8 Å². The van der Waals surface area contributed by atoms with E-state index in [0.717, 1.165) is 16.0 Å². The molecule has 0 unspecified atom stereocenters. The monoisotopic (exact) mass is 376 g/mol. The lowest BCUT2D eigenvalue weighted by Crippen LogP contribution is -2.20. The largest absolute Gasteiger partial charge is 0.325 e. The molecule has 0 fully saturated rings. The summed E-state index contributed by atoms with van der Waals surface area (Å²) < 4.78 is 28.0. The Morgan fingerprint density at radius 2 is 1.88 bits per heavy atom. The van der Waals surface area contributed by atoms with Crippen molar-refractivity contribution >= 4 is 39.1 Å². The third-order valence-corrected chi connectivity index (χ3v) is 6.93. The number of fused-ring (bicyclic) bond motifs is 1. The van der Waals surface area contributed by atoms with Crippen LogP contribution in [0.1, 0.15) is 18.1 Å². The highest BCUT2D eigenvalue weighted by molar-refractivity contribution is 7.99. The molecule has 25 heavy (non-hydrogen) atoms. The van der Waals surface area contributed by atoms with E-state index in [-0.39, 0.29) is 16.7 Å². The number of anilines is 2.